The summed E-state index contributed by atoms with van der Waals surface area (Å²) in [7, 11) is 1.72. The van der Waals surface area contributed by atoms with Gasteiger partial charge in [0.1, 0.15) is 12.2 Å². The Hall–Kier alpha value is -4.13. The van der Waals surface area contributed by atoms with Crippen LogP contribution in [0.2, 0.25) is 10.0 Å². The maximum absolute atomic E-state index is 13.9. The van der Waals surface area contributed by atoms with E-state index in [4.69, 9.17) is 37.4 Å². The summed E-state index contributed by atoms with van der Waals surface area (Å²) in [4.78, 5) is 46.4. The molecule has 3 fully saturated rings. The van der Waals surface area contributed by atoms with Crippen molar-refractivity contribution in [3.8, 4) is 0 Å². The van der Waals surface area contributed by atoms with Crippen molar-refractivity contribution in [2.24, 2.45) is 0 Å². The molecule has 2 atom stereocenters. The lowest BCUT2D eigenvalue weighted by Crippen LogP contribution is -2.54. The molecule has 1 aliphatic carbocycles. The Labute approximate surface area is 377 Å². The van der Waals surface area contributed by atoms with Crippen LogP contribution in [0, 0.1) is 0 Å². The molecule has 0 unspecified atom stereocenters. The van der Waals surface area contributed by atoms with Crippen molar-refractivity contribution in [1.29, 1.82) is 0 Å². The number of fused-ring (bicyclic) bond motifs is 2. The molecule has 0 saturated carbocycles. The van der Waals surface area contributed by atoms with Gasteiger partial charge in [-0.05, 0) is 92.2 Å². The molecule has 4 aliphatic rings. The molecule has 7 rings (SSSR count). The second kappa shape index (κ2) is 19.8. The fourth-order valence-electron chi connectivity index (χ4n) is 9.34. The van der Waals surface area contributed by atoms with Crippen LogP contribution in [-0.2, 0) is 48.8 Å². The van der Waals surface area contributed by atoms with Gasteiger partial charge < -0.3 is 39.1 Å². The van der Waals surface area contributed by atoms with Crippen LogP contribution in [-0.4, -0.2) is 136 Å². The summed E-state index contributed by atoms with van der Waals surface area (Å²) in [6.45, 7) is 4.34. The summed E-state index contributed by atoms with van der Waals surface area (Å²) in [6, 6.07) is 13.8. The molecular weight excluding hydrogens is 891 g/mol. The number of rotatable bonds is 12. The molecule has 3 heterocycles. The first-order valence-corrected chi connectivity index (χ1v) is 22.1. The summed E-state index contributed by atoms with van der Waals surface area (Å²) in [5.41, 5.74) is -2.57. The summed E-state index contributed by atoms with van der Waals surface area (Å²) in [6.07, 6.45) is -7.54. The van der Waals surface area contributed by atoms with Gasteiger partial charge >= 0.3 is 18.4 Å². The van der Waals surface area contributed by atoms with Crippen molar-refractivity contribution in [2.75, 3.05) is 92.4 Å². The quantitative estimate of drug-likeness (QED) is 0.147. The van der Waals surface area contributed by atoms with Crippen LogP contribution in [0.25, 0.3) is 0 Å². The van der Waals surface area contributed by atoms with Crippen molar-refractivity contribution >= 4 is 41.0 Å². The highest BCUT2D eigenvalue weighted by molar-refractivity contribution is 6.42. The van der Waals surface area contributed by atoms with Crippen LogP contribution in [0.5, 0.6) is 0 Å². The van der Waals surface area contributed by atoms with E-state index in [-0.39, 0.29) is 65.9 Å². The molecule has 3 saturated heterocycles. The molecule has 1 spiro atoms. The fourth-order valence-corrected chi connectivity index (χ4v) is 9.64. The lowest BCUT2D eigenvalue weighted by molar-refractivity contribution is -0.143. The first-order chi connectivity index (χ1) is 30.4. The largest absolute Gasteiger partial charge is 0.416 e. The average molecular weight is 943 g/mol. The molecule has 3 aliphatic heterocycles. The van der Waals surface area contributed by atoms with Crippen LogP contribution in [0.4, 0.5) is 31.1 Å². The van der Waals surface area contributed by atoms with Gasteiger partial charge in [0.05, 0.1) is 53.6 Å². The number of benzene rings is 3. The normalized spacial score (nSPS) is 21.5. The number of hydrogen-bond donors (Lipinski definition) is 1. The Balaban J connectivity index is 1.01. The molecule has 3 aromatic rings. The predicted molar refractivity (Wildman–Crippen MR) is 226 cm³/mol. The smallest absolute Gasteiger partial charge is 0.378 e. The van der Waals surface area contributed by atoms with Gasteiger partial charge in [-0.25, -0.2) is 4.79 Å². The number of morpholine rings is 2. The van der Waals surface area contributed by atoms with Gasteiger partial charge in [0.15, 0.2) is 0 Å². The Morgan fingerprint density at radius 3 is 2.20 bits per heavy atom. The second-order valence-electron chi connectivity index (χ2n) is 16.9. The Morgan fingerprint density at radius 2 is 1.53 bits per heavy atom. The van der Waals surface area contributed by atoms with E-state index in [2.05, 4.69) is 22.3 Å². The molecule has 19 heteroatoms. The number of carbonyl (C=O) groups excluding carboxylic acids is 3. The van der Waals surface area contributed by atoms with Gasteiger partial charge in [-0.1, -0.05) is 53.5 Å². The first-order valence-electron chi connectivity index (χ1n) is 21.3. The molecule has 3 aromatic carbocycles. The van der Waals surface area contributed by atoms with Crippen LogP contribution in [0.1, 0.15) is 63.9 Å². The highest BCUT2D eigenvalue weighted by Gasteiger charge is 2.50. The van der Waals surface area contributed by atoms with Crippen LogP contribution in [0.15, 0.2) is 60.7 Å². The molecule has 0 bridgehead atoms. The number of likely N-dealkylation sites (tertiary alicyclic amines) is 1. The molecule has 64 heavy (non-hydrogen) atoms. The molecule has 0 aromatic heterocycles. The average Bonchev–Trinajstić information content (AvgIpc) is 3.58. The number of piperidine rings is 1. The lowest BCUT2D eigenvalue weighted by atomic mass is 9.72. The zero-order chi connectivity index (χ0) is 45.9. The van der Waals surface area contributed by atoms with Crippen LogP contribution in [0.3, 0.4) is 0 Å². The zero-order valence-corrected chi connectivity index (χ0v) is 36.9. The van der Waals surface area contributed by atoms with E-state index >= 15 is 0 Å². The molecule has 11 nitrogen and oxygen atoms in total. The topological polar surface area (TPSA) is 104 Å². The number of amides is 4. The van der Waals surface area contributed by atoms with Crippen LogP contribution < -0.4 is 5.32 Å². The van der Waals surface area contributed by atoms with Crippen LogP contribution >= 0.6 is 23.2 Å². The summed E-state index contributed by atoms with van der Waals surface area (Å²) in [5, 5.41) is 3.38. The third-order valence-corrected chi connectivity index (χ3v) is 13.7. The minimum atomic E-state index is -5.12. The van der Waals surface area contributed by atoms with Crippen molar-refractivity contribution < 1.29 is 54.9 Å². The molecule has 4 amide bonds. The predicted octanol–water partition coefficient (Wildman–Crippen LogP) is 7.65. The van der Waals surface area contributed by atoms with Gasteiger partial charge in [0.25, 0.3) is 5.91 Å². The van der Waals surface area contributed by atoms with E-state index in [1.54, 1.807) is 35.0 Å². The minimum absolute atomic E-state index is 0.00334. The molecule has 0 radical (unpaired) electrons. The fraction of sp³-hybridized carbons (Fsp3) is 0.533. The van der Waals surface area contributed by atoms with E-state index in [1.165, 1.54) is 16.0 Å². The van der Waals surface area contributed by atoms with Gasteiger partial charge in [-0.2, -0.15) is 26.3 Å². The van der Waals surface area contributed by atoms with Gasteiger partial charge in [0, 0.05) is 57.3 Å². The number of urea groups is 1. The number of likely N-dealkylation sites (N-methyl/N-ethyl adjacent to an activating group) is 1. The minimum Gasteiger partial charge on any atom is -0.378 e. The van der Waals surface area contributed by atoms with Gasteiger partial charge in [-0.15, -0.1) is 0 Å². The summed E-state index contributed by atoms with van der Waals surface area (Å²) >= 11 is 12.7. The number of nitrogens with zero attached hydrogens (tertiary/aromatic N) is 4. The summed E-state index contributed by atoms with van der Waals surface area (Å²) in [5.74, 6) is -1.16. The summed E-state index contributed by atoms with van der Waals surface area (Å²) < 4.78 is 101. The molecule has 1 N–H and O–H groups in total. The number of ether oxygens (including phenoxy) is 3. The number of nitrogens with one attached hydrogen (secondary N) is 1. The Kier molecular flexibility index (Phi) is 14.8. The Bertz CT molecular complexity index is 2130. The third kappa shape index (κ3) is 10.8. The highest BCUT2D eigenvalue weighted by Crippen LogP contribution is 2.48. The second-order valence-corrected chi connectivity index (χ2v) is 17.7. The number of hydrogen-bond acceptors (Lipinski definition) is 7. The lowest BCUT2D eigenvalue weighted by Gasteiger charge is -2.46. The van der Waals surface area contributed by atoms with Gasteiger partial charge in [0.2, 0.25) is 5.91 Å². The number of halogens is 8. The van der Waals surface area contributed by atoms with E-state index in [0.29, 0.717) is 109 Å². The van der Waals surface area contributed by atoms with E-state index in [0.717, 1.165) is 0 Å². The van der Waals surface area contributed by atoms with Crippen molar-refractivity contribution in [1.82, 2.24) is 24.9 Å². The maximum Gasteiger partial charge on any atom is 0.416 e. The maximum atomic E-state index is 13.9. The monoisotopic (exact) mass is 941 g/mol. The van der Waals surface area contributed by atoms with Crippen molar-refractivity contribution in [2.45, 2.75) is 61.6 Å². The van der Waals surface area contributed by atoms with E-state index in [9.17, 15) is 40.7 Å². The van der Waals surface area contributed by atoms with Gasteiger partial charge in [-0.3, -0.25) is 9.59 Å². The number of alkyl halides is 6. The zero-order valence-electron chi connectivity index (χ0n) is 35.3. The molecule has 348 valence electrons. The van der Waals surface area contributed by atoms with Crippen molar-refractivity contribution in [3.63, 3.8) is 0 Å². The standard InChI is InChI=1S/C45H51Cl2F6N5O6/c1-55(13-4-12-54-41(61)57-17-20-62-21-18-57)39(59)28-63-38-25-30-5-2-3-6-35(30)42(38)9-14-56(15-10-42)16-11-43(32-7-8-36(46)37(47)27-32)29-58(19-22-64-43)40(60)31-23-33(44(48,49)50)26-34(24-31)45(51,52)53/h2-3,5-8,23-24,26-27,38H,4,9-22,25,28-29H2,1H3,(H,54,61)/t38-,43-/m0/s1. The van der Waals surface area contributed by atoms with Crippen molar-refractivity contribution in [3.05, 3.63) is 104 Å². The SMILES string of the molecule is CN(CCCNC(=O)N1CCOCC1)C(=O)CO[C@H]1Cc2ccccc2C12CCN(CC[C@@]1(c3ccc(Cl)c(Cl)c3)CN(C(=O)c3cc(C(F)(F)F)cc(C(F)(F)F)c3)CCO1)CC2. The Morgan fingerprint density at radius 1 is 0.859 bits per heavy atom. The highest BCUT2D eigenvalue weighted by atomic mass is 35.5. The van der Waals surface area contributed by atoms with E-state index < -0.39 is 40.6 Å². The van der Waals surface area contributed by atoms with E-state index in [1.807, 2.05) is 12.1 Å². The number of carbonyl (C=O) groups is 3. The first kappa shape index (κ1) is 47.8. The third-order valence-electron chi connectivity index (χ3n) is 13.0. The molecular formula is C45H51Cl2F6N5O6.